The van der Waals surface area contributed by atoms with Gasteiger partial charge in [0.2, 0.25) is 5.91 Å². The number of nitrogens with zero attached hydrogens (tertiary/aromatic N) is 2. The monoisotopic (exact) mass is 459 g/mol. The third kappa shape index (κ3) is 6.38. The zero-order valence-corrected chi connectivity index (χ0v) is 18.8. The SMILES string of the molecule is CNCC(C)C(=O)N1CCN(C(c2ccc(F)cc2)c2ccc(F)cc2)CC1.Cl.Cl. The molecule has 8 heteroatoms. The highest BCUT2D eigenvalue weighted by molar-refractivity contribution is 5.85. The number of halogens is 4. The van der Waals surface area contributed by atoms with Crippen molar-refractivity contribution in [1.29, 1.82) is 0 Å². The molecule has 30 heavy (non-hydrogen) atoms. The Kier molecular flexibility index (Phi) is 10.7. The van der Waals surface area contributed by atoms with Gasteiger partial charge in [0.25, 0.3) is 0 Å². The molecule has 0 spiro atoms. The molecule has 1 aliphatic heterocycles. The highest BCUT2D eigenvalue weighted by Gasteiger charge is 2.29. The van der Waals surface area contributed by atoms with Gasteiger partial charge in [-0.3, -0.25) is 9.69 Å². The lowest BCUT2D eigenvalue weighted by Gasteiger charge is -2.40. The van der Waals surface area contributed by atoms with Crippen LogP contribution in [0.4, 0.5) is 8.78 Å². The zero-order valence-electron chi connectivity index (χ0n) is 17.2. The molecule has 2 aromatic carbocycles. The van der Waals surface area contributed by atoms with Crippen LogP contribution in [-0.2, 0) is 4.79 Å². The maximum absolute atomic E-state index is 13.4. The van der Waals surface area contributed by atoms with Gasteiger partial charge in [-0.1, -0.05) is 31.2 Å². The molecule has 166 valence electrons. The fraction of sp³-hybridized carbons (Fsp3) is 0.409. The second-order valence-electron chi connectivity index (χ2n) is 7.33. The molecule has 1 fully saturated rings. The van der Waals surface area contributed by atoms with Crippen LogP contribution in [0.15, 0.2) is 48.5 Å². The first kappa shape index (κ1) is 26.3. The van der Waals surface area contributed by atoms with Crippen molar-refractivity contribution >= 4 is 30.7 Å². The first-order valence-corrected chi connectivity index (χ1v) is 9.68. The molecule has 0 radical (unpaired) electrons. The van der Waals surface area contributed by atoms with E-state index in [1.807, 2.05) is 18.9 Å². The number of amides is 1. The van der Waals surface area contributed by atoms with Crippen molar-refractivity contribution in [3.63, 3.8) is 0 Å². The minimum atomic E-state index is -0.282. The summed E-state index contributed by atoms with van der Waals surface area (Å²) in [5.74, 6) is -0.457. The Morgan fingerprint density at radius 2 is 1.33 bits per heavy atom. The largest absolute Gasteiger partial charge is 0.340 e. The fourth-order valence-corrected chi connectivity index (χ4v) is 3.81. The third-order valence-corrected chi connectivity index (χ3v) is 5.29. The summed E-state index contributed by atoms with van der Waals surface area (Å²) in [6.45, 7) is 5.30. The number of rotatable bonds is 6. The van der Waals surface area contributed by atoms with E-state index in [2.05, 4.69) is 10.2 Å². The Morgan fingerprint density at radius 3 is 1.73 bits per heavy atom. The summed E-state index contributed by atoms with van der Waals surface area (Å²) >= 11 is 0. The molecular formula is C22H29Cl2F2N3O. The molecular weight excluding hydrogens is 431 g/mol. The second kappa shape index (κ2) is 12.2. The van der Waals surface area contributed by atoms with Gasteiger partial charge in [-0.15, -0.1) is 24.8 Å². The van der Waals surface area contributed by atoms with Crippen molar-refractivity contribution in [2.75, 3.05) is 39.8 Å². The number of hydrogen-bond acceptors (Lipinski definition) is 3. The van der Waals surface area contributed by atoms with Gasteiger partial charge in [0.05, 0.1) is 6.04 Å². The lowest BCUT2D eigenvalue weighted by atomic mass is 9.96. The van der Waals surface area contributed by atoms with Crippen molar-refractivity contribution in [1.82, 2.24) is 15.1 Å². The number of carbonyl (C=O) groups excluding carboxylic acids is 1. The van der Waals surface area contributed by atoms with Crippen LogP contribution in [0, 0.1) is 17.6 Å². The van der Waals surface area contributed by atoms with Crippen LogP contribution >= 0.6 is 24.8 Å². The summed E-state index contributed by atoms with van der Waals surface area (Å²) in [5, 5.41) is 3.05. The van der Waals surface area contributed by atoms with Crippen molar-refractivity contribution < 1.29 is 13.6 Å². The third-order valence-electron chi connectivity index (χ3n) is 5.29. The molecule has 4 nitrogen and oxygen atoms in total. The molecule has 0 bridgehead atoms. The lowest BCUT2D eigenvalue weighted by molar-refractivity contribution is -0.136. The molecule has 1 heterocycles. The number of hydrogen-bond donors (Lipinski definition) is 1. The normalized spacial score (nSPS) is 15.3. The van der Waals surface area contributed by atoms with E-state index in [9.17, 15) is 13.6 Å². The average molecular weight is 460 g/mol. The molecule has 0 aliphatic carbocycles. The smallest absolute Gasteiger partial charge is 0.226 e. The van der Waals surface area contributed by atoms with Crippen LogP contribution in [-0.4, -0.2) is 55.5 Å². The molecule has 1 unspecified atom stereocenters. The summed E-state index contributed by atoms with van der Waals surface area (Å²) in [6.07, 6.45) is 0. The van der Waals surface area contributed by atoms with E-state index in [1.165, 1.54) is 24.3 Å². The molecule has 1 saturated heterocycles. The predicted molar refractivity (Wildman–Crippen MR) is 120 cm³/mol. The van der Waals surface area contributed by atoms with Crippen LogP contribution in [0.3, 0.4) is 0 Å². The number of carbonyl (C=O) groups is 1. The Morgan fingerprint density at radius 1 is 0.900 bits per heavy atom. The van der Waals surface area contributed by atoms with Gasteiger partial charge in [0, 0.05) is 38.6 Å². The minimum Gasteiger partial charge on any atom is -0.340 e. The second-order valence-corrected chi connectivity index (χ2v) is 7.33. The van der Waals surface area contributed by atoms with Gasteiger partial charge in [0.15, 0.2) is 0 Å². The van der Waals surface area contributed by atoms with E-state index < -0.39 is 0 Å². The van der Waals surface area contributed by atoms with Gasteiger partial charge >= 0.3 is 0 Å². The van der Waals surface area contributed by atoms with Crippen LogP contribution in [0.5, 0.6) is 0 Å². The maximum atomic E-state index is 13.4. The standard InChI is InChI=1S/C22H27F2N3O.2ClH/c1-16(15-25-2)22(28)27-13-11-26(12-14-27)21(17-3-7-19(23)8-4-17)18-5-9-20(24)10-6-18;;/h3-10,16,21,25H,11-15H2,1-2H3;2*1H. The minimum absolute atomic E-state index is 0. The summed E-state index contributed by atoms with van der Waals surface area (Å²) in [7, 11) is 1.84. The van der Waals surface area contributed by atoms with Gasteiger partial charge in [-0.05, 0) is 42.4 Å². The Labute approximate surface area is 189 Å². The van der Waals surface area contributed by atoms with Crippen LogP contribution in [0.2, 0.25) is 0 Å². The number of benzene rings is 2. The first-order chi connectivity index (χ1) is 13.5. The summed E-state index contributed by atoms with van der Waals surface area (Å²) in [5.41, 5.74) is 1.91. The van der Waals surface area contributed by atoms with Gasteiger partial charge in [-0.2, -0.15) is 0 Å². The molecule has 1 atom stereocenters. The topological polar surface area (TPSA) is 35.6 Å². The van der Waals surface area contributed by atoms with E-state index in [0.717, 1.165) is 11.1 Å². The number of nitrogens with one attached hydrogen (secondary N) is 1. The highest BCUT2D eigenvalue weighted by Crippen LogP contribution is 2.30. The fourth-order valence-electron chi connectivity index (χ4n) is 3.81. The van der Waals surface area contributed by atoms with Crippen LogP contribution in [0.1, 0.15) is 24.1 Å². The summed E-state index contributed by atoms with van der Waals surface area (Å²) < 4.78 is 26.8. The van der Waals surface area contributed by atoms with E-state index in [1.54, 1.807) is 24.3 Å². The molecule has 1 N–H and O–H groups in total. The van der Waals surface area contributed by atoms with Crippen molar-refractivity contribution in [2.45, 2.75) is 13.0 Å². The van der Waals surface area contributed by atoms with E-state index in [4.69, 9.17) is 0 Å². The molecule has 1 aliphatic rings. The van der Waals surface area contributed by atoms with Crippen molar-refractivity contribution in [3.05, 3.63) is 71.3 Å². The van der Waals surface area contributed by atoms with Gasteiger partial charge < -0.3 is 10.2 Å². The quantitative estimate of drug-likeness (QED) is 0.711. The van der Waals surface area contributed by atoms with Crippen molar-refractivity contribution in [2.24, 2.45) is 5.92 Å². The molecule has 2 aromatic rings. The summed E-state index contributed by atoms with van der Waals surface area (Å²) in [6, 6.07) is 12.8. The average Bonchev–Trinajstić information content (AvgIpc) is 2.71. The predicted octanol–water partition coefficient (Wildman–Crippen LogP) is 3.90. The van der Waals surface area contributed by atoms with Gasteiger partial charge in [0.1, 0.15) is 11.6 Å². The lowest BCUT2D eigenvalue weighted by Crippen LogP contribution is -2.51. The van der Waals surface area contributed by atoms with Crippen LogP contribution < -0.4 is 5.32 Å². The number of piperazine rings is 1. The molecule has 1 amide bonds. The highest BCUT2D eigenvalue weighted by atomic mass is 35.5. The van der Waals surface area contributed by atoms with E-state index in [0.29, 0.717) is 32.7 Å². The summed E-state index contributed by atoms with van der Waals surface area (Å²) in [4.78, 5) is 16.7. The Hall–Kier alpha value is -1.73. The Bertz CT molecular complexity index is 736. The molecule has 3 rings (SSSR count). The maximum Gasteiger partial charge on any atom is 0.226 e. The first-order valence-electron chi connectivity index (χ1n) is 9.68. The van der Waals surface area contributed by atoms with Crippen LogP contribution in [0.25, 0.3) is 0 Å². The van der Waals surface area contributed by atoms with Crippen molar-refractivity contribution in [3.8, 4) is 0 Å². The van der Waals surface area contributed by atoms with E-state index in [-0.39, 0.29) is 54.3 Å². The Balaban J connectivity index is 0.00000225. The van der Waals surface area contributed by atoms with Gasteiger partial charge in [-0.25, -0.2) is 8.78 Å². The zero-order chi connectivity index (χ0) is 20.1. The molecule has 0 aromatic heterocycles. The van der Waals surface area contributed by atoms with E-state index >= 15 is 0 Å². The molecule has 0 saturated carbocycles.